The fourth-order valence-electron chi connectivity index (χ4n) is 11.7. The van der Waals surface area contributed by atoms with E-state index in [4.69, 9.17) is 37.0 Å². The van der Waals surface area contributed by atoms with E-state index in [2.05, 4.69) is 55.4 Å². The molecule has 17 nitrogen and oxygen atoms in total. The number of unbranched alkanes of at least 4 members (excludes halogenated alkanes) is 39. The van der Waals surface area contributed by atoms with Gasteiger partial charge in [0.15, 0.2) is 12.2 Å². The topological polar surface area (TPSA) is 237 Å². The van der Waals surface area contributed by atoms with Crippen LogP contribution in [0.2, 0.25) is 0 Å². The molecule has 0 radical (unpaired) electrons. The molecule has 6 atom stereocenters. The first-order chi connectivity index (χ1) is 46.1. The Morgan fingerprint density at radius 3 is 0.740 bits per heavy atom. The van der Waals surface area contributed by atoms with E-state index in [0.717, 1.165) is 108 Å². The molecule has 0 aliphatic carbocycles. The number of aliphatic hydroxyl groups excluding tert-OH is 1. The van der Waals surface area contributed by atoms with Crippen molar-refractivity contribution in [1.29, 1.82) is 0 Å². The van der Waals surface area contributed by atoms with Crippen molar-refractivity contribution in [3.63, 3.8) is 0 Å². The van der Waals surface area contributed by atoms with Crippen LogP contribution in [-0.2, 0) is 65.4 Å². The summed E-state index contributed by atoms with van der Waals surface area (Å²) in [6.07, 6.45) is 51.8. The Balaban J connectivity index is 5.15. The Bertz CT molecular complexity index is 1890. The molecule has 19 heteroatoms. The monoisotopic (exact) mass is 1410 g/mol. The molecule has 0 aromatic rings. The molecule has 0 fully saturated rings. The number of hydrogen-bond acceptors (Lipinski definition) is 15. The van der Waals surface area contributed by atoms with Crippen molar-refractivity contribution in [2.24, 2.45) is 23.7 Å². The third-order valence-electron chi connectivity index (χ3n) is 18.2. The van der Waals surface area contributed by atoms with Crippen LogP contribution in [0.3, 0.4) is 0 Å². The van der Waals surface area contributed by atoms with Crippen molar-refractivity contribution in [2.75, 3.05) is 39.6 Å². The van der Waals surface area contributed by atoms with Gasteiger partial charge in [-0.05, 0) is 49.4 Å². The third kappa shape index (κ3) is 69.2. The molecule has 0 saturated heterocycles. The summed E-state index contributed by atoms with van der Waals surface area (Å²) in [7, 11) is -9.91. The van der Waals surface area contributed by atoms with E-state index in [1.54, 1.807) is 0 Å². The third-order valence-corrected chi connectivity index (χ3v) is 20.1. The van der Waals surface area contributed by atoms with Gasteiger partial charge in [-0.3, -0.25) is 37.3 Å². The summed E-state index contributed by atoms with van der Waals surface area (Å²) in [5.74, 6) is 0.882. The van der Waals surface area contributed by atoms with Crippen LogP contribution >= 0.6 is 15.6 Å². The number of phosphoric acid groups is 2. The molecule has 570 valence electrons. The van der Waals surface area contributed by atoms with Gasteiger partial charge in [0, 0.05) is 25.7 Å². The molecule has 0 aromatic heterocycles. The zero-order chi connectivity index (χ0) is 71.0. The number of rotatable bonds is 74. The van der Waals surface area contributed by atoms with E-state index in [1.165, 1.54) is 186 Å². The second-order valence-corrected chi connectivity index (χ2v) is 32.3. The Hall–Kier alpha value is -1.94. The lowest BCUT2D eigenvalue weighted by molar-refractivity contribution is -0.161. The lowest BCUT2D eigenvalue weighted by atomic mass is 9.99. The number of ether oxygens (including phenoxy) is 4. The van der Waals surface area contributed by atoms with Gasteiger partial charge in [0.25, 0.3) is 0 Å². The second-order valence-electron chi connectivity index (χ2n) is 29.4. The highest BCUT2D eigenvalue weighted by molar-refractivity contribution is 7.47. The molecule has 96 heavy (non-hydrogen) atoms. The Morgan fingerprint density at radius 1 is 0.292 bits per heavy atom. The minimum atomic E-state index is -4.96. The molecule has 0 bridgehead atoms. The summed E-state index contributed by atoms with van der Waals surface area (Å²) in [4.78, 5) is 72.7. The quantitative estimate of drug-likeness (QED) is 0.0222. The summed E-state index contributed by atoms with van der Waals surface area (Å²) < 4.78 is 68.4. The first-order valence-electron chi connectivity index (χ1n) is 39.7. The summed E-state index contributed by atoms with van der Waals surface area (Å²) >= 11 is 0. The van der Waals surface area contributed by atoms with Crippen molar-refractivity contribution < 1.29 is 80.2 Å². The molecule has 3 unspecified atom stereocenters. The summed E-state index contributed by atoms with van der Waals surface area (Å²) in [5.41, 5.74) is 0. The number of carbonyl (C=O) groups is 4. The van der Waals surface area contributed by atoms with Crippen molar-refractivity contribution in [2.45, 2.75) is 408 Å². The van der Waals surface area contributed by atoms with Crippen LogP contribution in [0.15, 0.2) is 0 Å². The van der Waals surface area contributed by atoms with Gasteiger partial charge in [-0.15, -0.1) is 0 Å². The summed E-state index contributed by atoms with van der Waals surface area (Å²) in [6.45, 7) is 14.1. The Kier molecular flexibility index (Phi) is 65.0. The molecule has 0 heterocycles. The zero-order valence-electron chi connectivity index (χ0n) is 63.0. The van der Waals surface area contributed by atoms with Gasteiger partial charge in [0.1, 0.15) is 19.3 Å². The van der Waals surface area contributed by atoms with E-state index < -0.39 is 97.5 Å². The molecule has 3 N–H and O–H groups in total. The minimum absolute atomic E-state index is 0.101. The van der Waals surface area contributed by atoms with Gasteiger partial charge < -0.3 is 33.8 Å². The van der Waals surface area contributed by atoms with Gasteiger partial charge in [0.2, 0.25) is 0 Å². The molecular formula is C77H150O17P2. The van der Waals surface area contributed by atoms with E-state index in [1.807, 2.05) is 0 Å². The number of esters is 4. The lowest BCUT2D eigenvalue weighted by Gasteiger charge is -2.21. The SMILES string of the molecule is CCC(C)CCCCCCCCCCCCCCCCCCCCC(=O)OC[C@H](COP(=O)(O)OC[C@@H](O)COP(=O)(O)OC[C@@H](COC(=O)CCCCCCCCC(C)C)OC(=O)CCCCCCCCC(C)C)OC(=O)CCCCCCCCCCCCCCCC(C)C. The lowest BCUT2D eigenvalue weighted by Crippen LogP contribution is -2.30. The van der Waals surface area contributed by atoms with Crippen LogP contribution in [0.1, 0.15) is 389 Å². The van der Waals surface area contributed by atoms with Gasteiger partial charge in [-0.1, -0.05) is 338 Å². The number of phosphoric ester groups is 2. The van der Waals surface area contributed by atoms with Gasteiger partial charge in [-0.2, -0.15) is 0 Å². The van der Waals surface area contributed by atoms with Crippen molar-refractivity contribution in [3.05, 3.63) is 0 Å². The van der Waals surface area contributed by atoms with Crippen molar-refractivity contribution in [1.82, 2.24) is 0 Å². The maximum absolute atomic E-state index is 13.1. The zero-order valence-corrected chi connectivity index (χ0v) is 64.8. The highest BCUT2D eigenvalue weighted by Gasteiger charge is 2.30. The Labute approximate surface area is 588 Å². The van der Waals surface area contributed by atoms with Crippen LogP contribution in [0, 0.1) is 23.7 Å². The predicted octanol–water partition coefficient (Wildman–Crippen LogP) is 22.4. The van der Waals surface area contributed by atoms with Gasteiger partial charge in [0.05, 0.1) is 26.4 Å². The largest absolute Gasteiger partial charge is 0.472 e. The molecule has 0 saturated carbocycles. The number of hydrogen-bond donors (Lipinski definition) is 3. The highest BCUT2D eigenvalue weighted by Crippen LogP contribution is 2.45. The maximum Gasteiger partial charge on any atom is 0.472 e. The smallest absolute Gasteiger partial charge is 0.462 e. The molecule has 0 aliphatic heterocycles. The first-order valence-corrected chi connectivity index (χ1v) is 42.7. The van der Waals surface area contributed by atoms with Crippen LogP contribution in [0.5, 0.6) is 0 Å². The first kappa shape index (κ1) is 94.1. The molecule has 0 aromatic carbocycles. The van der Waals surface area contributed by atoms with Crippen LogP contribution in [0.4, 0.5) is 0 Å². The Morgan fingerprint density at radius 2 is 0.500 bits per heavy atom. The second kappa shape index (κ2) is 66.3. The van der Waals surface area contributed by atoms with Crippen LogP contribution < -0.4 is 0 Å². The maximum atomic E-state index is 13.1. The van der Waals surface area contributed by atoms with E-state index in [9.17, 15) is 43.2 Å². The highest BCUT2D eigenvalue weighted by atomic mass is 31.2. The number of carbonyl (C=O) groups excluding carboxylic acids is 4. The number of aliphatic hydroxyl groups is 1. The van der Waals surface area contributed by atoms with Gasteiger partial charge in [-0.25, -0.2) is 9.13 Å². The minimum Gasteiger partial charge on any atom is -0.462 e. The fraction of sp³-hybridized carbons (Fsp3) is 0.948. The molecule has 0 rings (SSSR count). The standard InChI is InChI=1S/C77H150O17P2/c1-9-70(8)56-48-40-30-26-22-18-14-12-10-11-13-15-19-23-27-31-41-49-57-74(79)87-63-72(93-76(81)59-51-43-32-28-24-20-16-17-21-25-29-37-45-53-67(2)3)65-91-95(83,84)89-61-71(78)62-90-96(85,86)92-66-73(94-77(82)60-52-44-36-34-39-47-55-69(6)7)64-88-75(80)58-50-42-35-33-38-46-54-68(4)5/h67-73,78H,9-66H2,1-8H3,(H,83,84)(H,85,86)/t70?,71-,72-,73-/m1/s1. The summed E-state index contributed by atoms with van der Waals surface area (Å²) in [6, 6.07) is 0. The molecular weight excluding hydrogens is 1260 g/mol. The van der Waals surface area contributed by atoms with E-state index >= 15 is 0 Å². The van der Waals surface area contributed by atoms with Crippen LogP contribution in [-0.4, -0.2) is 96.7 Å². The van der Waals surface area contributed by atoms with Crippen molar-refractivity contribution in [3.8, 4) is 0 Å². The van der Waals surface area contributed by atoms with Gasteiger partial charge >= 0.3 is 39.5 Å². The average Bonchev–Trinajstić information content (AvgIpc) is 1.24. The normalized spacial score (nSPS) is 14.4. The van der Waals surface area contributed by atoms with Crippen LogP contribution in [0.25, 0.3) is 0 Å². The van der Waals surface area contributed by atoms with Crippen molar-refractivity contribution >= 4 is 39.5 Å². The molecule has 0 spiro atoms. The average molecular weight is 1410 g/mol. The molecule has 0 aliphatic rings. The molecule has 0 amide bonds. The predicted molar refractivity (Wildman–Crippen MR) is 391 cm³/mol. The fourth-order valence-corrected chi connectivity index (χ4v) is 13.3. The van der Waals surface area contributed by atoms with E-state index in [-0.39, 0.29) is 25.7 Å². The summed E-state index contributed by atoms with van der Waals surface area (Å²) in [5, 5.41) is 10.6. The van der Waals surface area contributed by atoms with E-state index in [0.29, 0.717) is 37.5 Å².